The first-order chi connectivity index (χ1) is 12.2. The number of nitrogens with zero attached hydrogens (tertiary/aromatic N) is 3. The Morgan fingerprint density at radius 1 is 1.20 bits per heavy atom. The number of hydrogen-bond acceptors (Lipinski definition) is 5. The van der Waals surface area contributed by atoms with E-state index in [1.165, 1.54) is 5.56 Å². The maximum absolute atomic E-state index is 11.1. The monoisotopic (exact) mass is 339 g/mol. The van der Waals surface area contributed by atoms with Gasteiger partial charge in [-0.3, -0.25) is 9.69 Å². The molecule has 25 heavy (non-hydrogen) atoms. The number of aromatic nitrogens is 2. The number of anilines is 1. The molecule has 2 aromatic rings. The largest absolute Gasteiger partial charge is 0.369 e. The summed E-state index contributed by atoms with van der Waals surface area (Å²) in [6, 6.07) is 14.2. The first-order valence-corrected chi connectivity index (χ1v) is 8.80. The number of amides is 1. The highest BCUT2D eigenvalue weighted by atomic mass is 16.1. The predicted octanol–water partition coefficient (Wildman–Crippen LogP) is 1.83. The summed E-state index contributed by atoms with van der Waals surface area (Å²) < 4.78 is 0. The van der Waals surface area contributed by atoms with Gasteiger partial charge >= 0.3 is 0 Å². The molecule has 1 unspecified atom stereocenters. The highest BCUT2D eigenvalue weighted by Crippen LogP contribution is 2.20. The van der Waals surface area contributed by atoms with Gasteiger partial charge in [0.2, 0.25) is 5.91 Å². The van der Waals surface area contributed by atoms with E-state index in [4.69, 9.17) is 5.73 Å². The van der Waals surface area contributed by atoms with Gasteiger partial charge in [-0.2, -0.15) is 5.10 Å². The first kappa shape index (κ1) is 17.4. The maximum atomic E-state index is 11.1. The van der Waals surface area contributed by atoms with Gasteiger partial charge in [0.15, 0.2) is 0 Å². The van der Waals surface area contributed by atoms with Crippen LogP contribution in [0.3, 0.4) is 0 Å². The summed E-state index contributed by atoms with van der Waals surface area (Å²) in [5.74, 6) is 1.03. The Morgan fingerprint density at radius 2 is 2.04 bits per heavy atom. The lowest BCUT2D eigenvalue weighted by Gasteiger charge is -2.31. The van der Waals surface area contributed by atoms with Crippen molar-refractivity contribution in [1.82, 2.24) is 15.1 Å². The number of hydrogen-bond donors (Lipinski definition) is 2. The van der Waals surface area contributed by atoms with Crippen molar-refractivity contribution in [3.63, 3.8) is 0 Å². The number of nitrogens with one attached hydrogen (secondary N) is 1. The quantitative estimate of drug-likeness (QED) is 0.804. The van der Waals surface area contributed by atoms with Crippen molar-refractivity contribution in [3.8, 4) is 0 Å². The van der Waals surface area contributed by atoms with Gasteiger partial charge < -0.3 is 11.1 Å². The Bertz CT molecular complexity index is 674. The summed E-state index contributed by atoms with van der Waals surface area (Å²) in [6.45, 7) is 2.94. The van der Waals surface area contributed by atoms with Gasteiger partial charge in [0.25, 0.3) is 0 Å². The van der Waals surface area contributed by atoms with E-state index in [9.17, 15) is 4.79 Å². The fourth-order valence-corrected chi connectivity index (χ4v) is 3.33. The molecule has 1 aliphatic heterocycles. The highest BCUT2D eigenvalue weighted by molar-refractivity contribution is 5.75. The van der Waals surface area contributed by atoms with Crippen molar-refractivity contribution in [2.45, 2.75) is 25.8 Å². The van der Waals surface area contributed by atoms with Crippen LogP contribution in [0, 0.1) is 5.92 Å². The van der Waals surface area contributed by atoms with Gasteiger partial charge in [0.05, 0.1) is 12.2 Å². The maximum Gasteiger partial charge on any atom is 0.231 e. The average Bonchev–Trinajstić information content (AvgIpc) is 2.62. The zero-order chi connectivity index (χ0) is 17.5. The van der Waals surface area contributed by atoms with E-state index < -0.39 is 0 Å². The Kier molecular flexibility index (Phi) is 5.95. The summed E-state index contributed by atoms with van der Waals surface area (Å²) in [5, 5.41) is 11.9. The molecule has 1 aliphatic rings. The summed E-state index contributed by atoms with van der Waals surface area (Å²) in [5.41, 5.74) is 7.51. The molecule has 1 amide bonds. The van der Waals surface area contributed by atoms with Crippen LogP contribution in [-0.2, 0) is 17.8 Å². The SMILES string of the molecule is NC(=O)CN1CCCC(Cc2ccc(NCc3ccccc3)nn2)C1. The van der Waals surface area contributed by atoms with Gasteiger partial charge in [-0.1, -0.05) is 30.3 Å². The topological polar surface area (TPSA) is 84.1 Å². The molecular formula is C19H25N5O. The first-order valence-electron chi connectivity index (χ1n) is 8.80. The average molecular weight is 339 g/mol. The zero-order valence-corrected chi connectivity index (χ0v) is 14.4. The van der Waals surface area contributed by atoms with Crippen LogP contribution in [-0.4, -0.2) is 40.6 Å². The number of carbonyl (C=O) groups is 1. The van der Waals surface area contributed by atoms with Crippen molar-refractivity contribution >= 4 is 11.7 Å². The summed E-state index contributed by atoms with van der Waals surface area (Å²) in [4.78, 5) is 13.2. The van der Waals surface area contributed by atoms with Gasteiger partial charge in [0, 0.05) is 13.1 Å². The Balaban J connectivity index is 1.49. The minimum absolute atomic E-state index is 0.255. The van der Waals surface area contributed by atoms with Crippen LogP contribution in [0.1, 0.15) is 24.1 Å². The molecule has 6 nitrogen and oxygen atoms in total. The molecule has 1 aromatic heterocycles. The molecule has 3 rings (SSSR count). The number of benzene rings is 1. The second kappa shape index (κ2) is 8.58. The molecule has 132 valence electrons. The van der Waals surface area contributed by atoms with E-state index in [-0.39, 0.29) is 5.91 Å². The van der Waals surface area contributed by atoms with Crippen LogP contribution in [0.4, 0.5) is 5.82 Å². The molecule has 0 saturated carbocycles. The van der Waals surface area contributed by atoms with E-state index in [0.717, 1.165) is 50.4 Å². The molecule has 0 radical (unpaired) electrons. The summed E-state index contributed by atoms with van der Waals surface area (Å²) in [6.07, 6.45) is 3.15. The minimum atomic E-state index is -0.255. The molecule has 1 saturated heterocycles. The highest BCUT2D eigenvalue weighted by Gasteiger charge is 2.21. The number of piperidine rings is 1. The van der Waals surface area contributed by atoms with E-state index in [1.807, 2.05) is 30.3 Å². The van der Waals surface area contributed by atoms with Crippen LogP contribution in [0.5, 0.6) is 0 Å². The van der Waals surface area contributed by atoms with Crippen LogP contribution in [0.2, 0.25) is 0 Å². The molecule has 1 aromatic carbocycles. The molecular weight excluding hydrogens is 314 g/mol. The van der Waals surface area contributed by atoms with E-state index in [1.54, 1.807) is 0 Å². The van der Waals surface area contributed by atoms with E-state index >= 15 is 0 Å². The molecule has 3 N–H and O–H groups in total. The lowest BCUT2D eigenvalue weighted by molar-refractivity contribution is -0.119. The third-order valence-electron chi connectivity index (χ3n) is 4.52. The Morgan fingerprint density at radius 3 is 2.76 bits per heavy atom. The molecule has 1 fully saturated rings. The van der Waals surface area contributed by atoms with Crippen molar-refractivity contribution in [2.75, 3.05) is 25.0 Å². The van der Waals surface area contributed by atoms with Crippen molar-refractivity contribution in [1.29, 1.82) is 0 Å². The summed E-state index contributed by atoms with van der Waals surface area (Å²) >= 11 is 0. The standard InChI is InChI=1S/C19H25N5O/c20-18(25)14-24-10-4-7-16(13-24)11-17-8-9-19(23-22-17)21-12-15-5-2-1-3-6-15/h1-3,5-6,8-9,16H,4,7,10-14H2,(H2,20,25)(H,21,23). The fraction of sp³-hybridized carbons (Fsp3) is 0.421. The van der Waals surface area contributed by atoms with Gasteiger partial charge in [-0.25, -0.2) is 0 Å². The smallest absolute Gasteiger partial charge is 0.231 e. The molecule has 1 atom stereocenters. The Labute approximate surface area is 148 Å². The second-order valence-electron chi connectivity index (χ2n) is 6.66. The van der Waals surface area contributed by atoms with Crippen LogP contribution in [0.25, 0.3) is 0 Å². The lowest BCUT2D eigenvalue weighted by atomic mass is 9.93. The second-order valence-corrected chi connectivity index (χ2v) is 6.66. The fourth-order valence-electron chi connectivity index (χ4n) is 3.33. The third kappa shape index (κ3) is 5.53. The number of primary amides is 1. The van der Waals surface area contributed by atoms with E-state index in [0.29, 0.717) is 12.5 Å². The molecule has 0 spiro atoms. The minimum Gasteiger partial charge on any atom is -0.369 e. The molecule has 6 heteroatoms. The lowest BCUT2D eigenvalue weighted by Crippen LogP contribution is -2.41. The van der Waals surface area contributed by atoms with Crippen LogP contribution >= 0.6 is 0 Å². The van der Waals surface area contributed by atoms with Crippen molar-refractivity contribution in [2.24, 2.45) is 11.7 Å². The zero-order valence-electron chi connectivity index (χ0n) is 14.4. The number of rotatable bonds is 7. The number of carbonyl (C=O) groups excluding carboxylic acids is 1. The van der Waals surface area contributed by atoms with E-state index in [2.05, 4.69) is 32.5 Å². The number of nitrogens with two attached hydrogens (primary N) is 1. The van der Waals surface area contributed by atoms with Gasteiger partial charge in [-0.15, -0.1) is 5.10 Å². The normalized spacial score (nSPS) is 18.0. The van der Waals surface area contributed by atoms with Crippen molar-refractivity contribution < 1.29 is 4.79 Å². The number of likely N-dealkylation sites (tertiary alicyclic amines) is 1. The van der Waals surface area contributed by atoms with Crippen LogP contribution < -0.4 is 11.1 Å². The summed E-state index contributed by atoms with van der Waals surface area (Å²) in [7, 11) is 0. The third-order valence-corrected chi connectivity index (χ3v) is 4.52. The molecule has 0 bridgehead atoms. The Hall–Kier alpha value is -2.47. The molecule has 0 aliphatic carbocycles. The van der Waals surface area contributed by atoms with Gasteiger partial charge in [-0.05, 0) is 49.4 Å². The van der Waals surface area contributed by atoms with Crippen molar-refractivity contribution in [3.05, 3.63) is 53.7 Å². The predicted molar refractivity (Wildman–Crippen MR) is 97.9 cm³/mol. The molecule has 2 heterocycles. The van der Waals surface area contributed by atoms with Crippen LogP contribution in [0.15, 0.2) is 42.5 Å². The van der Waals surface area contributed by atoms with Gasteiger partial charge in [0.1, 0.15) is 5.82 Å².